The molecular weight excluding hydrogens is 416 g/mol. The normalized spacial score (nSPS) is 24.5. The molecule has 0 saturated carbocycles. The number of amides is 1. The Morgan fingerprint density at radius 1 is 1.32 bits per heavy atom. The van der Waals surface area contributed by atoms with Crippen LogP contribution in [0, 0.1) is 0 Å². The van der Waals surface area contributed by atoms with Crippen LogP contribution < -0.4 is 10.6 Å². The number of benzene rings is 1. The molecule has 0 fully saturated rings. The minimum atomic E-state index is -5.07. The fraction of sp³-hybridized carbons (Fsp3) is 0.333. The summed E-state index contributed by atoms with van der Waals surface area (Å²) in [6.07, 6.45) is -4.47. The van der Waals surface area contributed by atoms with Crippen LogP contribution in [0.1, 0.15) is 48.6 Å². The molecule has 0 aliphatic carbocycles. The molecule has 2 aliphatic heterocycles. The monoisotopic (exact) mass is 436 g/mol. The van der Waals surface area contributed by atoms with Gasteiger partial charge in [-0.1, -0.05) is 37.3 Å². The molecule has 2 aromatic rings. The first kappa shape index (κ1) is 21.1. The highest BCUT2D eigenvalue weighted by molar-refractivity contribution is 5.94. The molecule has 3 unspecified atom stereocenters. The maximum atomic E-state index is 13.8. The van der Waals surface area contributed by atoms with E-state index in [2.05, 4.69) is 20.8 Å². The van der Waals surface area contributed by atoms with Gasteiger partial charge < -0.3 is 15.7 Å². The summed E-state index contributed by atoms with van der Waals surface area (Å²) in [5.41, 5.74) is -0.969. The second-order valence-electron chi connectivity index (χ2n) is 7.73. The molecule has 0 bridgehead atoms. The van der Waals surface area contributed by atoms with Gasteiger partial charge in [0, 0.05) is 17.2 Å². The molecule has 6 nitrogen and oxygen atoms in total. The van der Waals surface area contributed by atoms with E-state index in [-0.39, 0.29) is 11.5 Å². The second-order valence-corrected chi connectivity index (χ2v) is 7.73. The molecule has 3 heterocycles. The number of nitrogens with zero attached hydrogens (tertiary/aromatic N) is 1. The maximum Gasteiger partial charge on any atom is 0.422 e. The van der Waals surface area contributed by atoms with E-state index in [1.807, 2.05) is 6.07 Å². The summed E-state index contributed by atoms with van der Waals surface area (Å²) in [6.45, 7) is 3.41. The number of H-pyrrole nitrogens is 1. The lowest BCUT2D eigenvalue weighted by Crippen LogP contribution is -2.48. The summed E-state index contributed by atoms with van der Waals surface area (Å²) in [6, 6.07) is 7.09. The van der Waals surface area contributed by atoms with Gasteiger partial charge in [0.25, 0.3) is 0 Å². The van der Waals surface area contributed by atoms with Crippen molar-refractivity contribution in [2.24, 2.45) is 0 Å². The number of aliphatic hydroxyl groups is 1. The summed E-state index contributed by atoms with van der Waals surface area (Å²) in [7, 11) is 0. The SMILES string of the molecule is CC1=C(c2cccc(C(C)c3[nH]nc4c3C(O)(C(F)(F)F)CC(=O)N4)c2)C=CC(F)N1. The van der Waals surface area contributed by atoms with Crippen LogP contribution in [0.4, 0.5) is 23.4 Å². The lowest BCUT2D eigenvalue weighted by atomic mass is 9.82. The molecule has 0 saturated heterocycles. The Balaban J connectivity index is 1.77. The van der Waals surface area contributed by atoms with E-state index < -0.39 is 41.9 Å². The van der Waals surface area contributed by atoms with E-state index >= 15 is 0 Å². The zero-order chi connectivity index (χ0) is 22.6. The number of anilines is 1. The standard InChI is InChI=1S/C21H20F4N4O2/c1-10(12-4-3-5-13(8-12)14-6-7-15(22)26-11(14)2)18-17-19(29-28-18)27-16(30)9-20(17,31)21(23,24)25/h3-8,10,15,26,31H,9H2,1-2H3,(H2,27,28,29,30). The van der Waals surface area contributed by atoms with Crippen LogP contribution in [0.5, 0.6) is 0 Å². The number of carbonyl (C=O) groups excluding carboxylic acids is 1. The third kappa shape index (κ3) is 3.50. The molecule has 4 N–H and O–H groups in total. The van der Waals surface area contributed by atoms with E-state index in [9.17, 15) is 27.5 Å². The highest BCUT2D eigenvalue weighted by Gasteiger charge is 2.60. The summed E-state index contributed by atoms with van der Waals surface area (Å²) < 4.78 is 54.8. The number of alkyl halides is 4. The van der Waals surface area contributed by atoms with Gasteiger partial charge in [0.05, 0.1) is 17.7 Å². The quantitative estimate of drug-likeness (QED) is 0.435. The van der Waals surface area contributed by atoms with Gasteiger partial charge in [-0.2, -0.15) is 18.3 Å². The van der Waals surface area contributed by atoms with E-state index in [1.165, 1.54) is 6.08 Å². The van der Waals surface area contributed by atoms with Crippen LogP contribution in [0.25, 0.3) is 5.57 Å². The van der Waals surface area contributed by atoms with Crippen molar-refractivity contribution in [2.45, 2.75) is 44.3 Å². The Kier molecular flexibility index (Phi) is 4.92. The molecule has 1 aromatic carbocycles. The van der Waals surface area contributed by atoms with Crippen LogP contribution >= 0.6 is 0 Å². The summed E-state index contributed by atoms with van der Waals surface area (Å²) in [5, 5.41) is 21.9. The van der Waals surface area contributed by atoms with E-state index in [0.717, 1.165) is 11.1 Å². The fourth-order valence-corrected chi connectivity index (χ4v) is 4.01. The van der Waals surface area contributed by atoms with Crippen LogP contribution in [0.15, 0.2) is 42.1 Å². The van der Waals surface area contributed by atoms with E-state index in [0.29, 0.717) is 11.3 Å². The second kappa shape index (κ2) is 7.23. The van der Waals surface area contributed by atoms with Gasteiger partial charge in [-0.25, -0.2) is 4.39 Å². The van der Waals surface area contributed by atoms with Crippen molar-refractivity contribution < 1.29 is 27.5 Å². The smallest absolute Gasteiger partial charge is 0.376 e. The molecule has 164 valence electrons. The fourth-order valence-electron chi connectivity index (χ4n) is 4.01. The largest absolute Gasteiger partial charge is 0.422 e. The first-order valence-electron chi connectivity index (χ1n) is 9.59. The van der Waals surface area contributed by atoms with Crippen molar-refractivity contribution in [1.82, 2.24) is 15.5 Å². The highest BCUT2D eigenvalue weighted by atomic mass is 19.4. The van der Waals surface area contributed by atoms with Gasteiger partial charge in [0.15, 0.2) is 17.7 Å². The Bertz CT molecular complexity index is 1110. The van der Waals surface area contributed by atoms with Crippen molar-refractivity contribution in [3.8, 4) is 0 Å². The first-order valence-corrected chi connectivity index (χ1v) is 9.59. The number of nitrogens with one attached hydrogen (secondary N) is 3. The van der Waals surface area contributed by atoms with Crippen LogP contribution in [0.3, 0.4) is 0 Å². The van der Waals surface area contributed by atoms with Gasteiger partial charge in [-0.3, -0.25) is 9.89 Å². The first-order chi connectivity index (χ1) is 14.5. The van der Waals surface area contributed by atoms with Gasteiger partial charge in [-0.05, 0) is 24.1 Å². The highest BCUT2D eigenvalue weighted by Crippen LogP contribution is 2.49. The molecule has 1 aromatic heterocycles. The third-order valence-electron chi connectivity index (χ3n) is 5.67. The average Bonchev–Trinajstić information content (AvgIpc) is 3.11. The predicted molar refractivity (Wildman–Crippen MR) is 106 cm³/mol. The number of halogens is 4. The lowest BCUT2D eigenvalue weighted by molar-refractivity contribution is -0.267. The predicted octanol–water partition coefficient (Wildman–Crippen LogP) is 3.84. The Morgan fingerprint density at radius 2 is 2.06 bits per heavy atom. The molecule has 0 spiro atoms. The van der Waals surface area contributed by atoms with Gasteiger partial charge in [0.1, 0.15) is 0 Å². The van der Waals surface area contributed by atoms with E-state index in [4.69, 9.17) is 0 Å². The molecule has 4 rings (SSSR count). The van der Waals surface area contributed by atoms with Crippen molar-refractivity contribution in [3.05, 3.63) is 64.5 Å². The van der Waals surface area contributed by atoms with Crippen molar-refractivity contribution in [3.63, 3.8) is 0 Å². The number of rotatable bonds is 3. The van der Waals surface area contributed by atoms with Crippen molar-refractivity contribution in [1.29, 1.82) is 0 Å². The Hall–Kier alpha value is -3.14. The topological polar surface area (TPSA) is 90.0 Å². The molecule has 3 atom stereocenters. The van der Waals surface area contributed by atoms with Gasteiger partial charge in [0.2, 0.25) is 5.91 Å². The zero-order valence-corrected chi connectivity index (χ0v) is 16.6. The summed E-state index contributed by atoms with van der Waals surface area (Å²) in [5.74, 6) is -1.92. The molecule has 1 amide bonds. The third-order valence-corrected chi connectivity index (χ3v) is 5.67. The van der Waals surface area contributed by atoms with Crippen LogP contribution in [-0.2, 0) is 10.4 Å². The summed E-state index contributed by atoms with van der Waals surface area (Å²) >= 11 is 0. The number of fused-ring (bicyclic) bond motifs is 1. The number of hydrogen-bond acceptors (Lipinski definition) is 4. The van der Waals surface area contributed by atoms with Crippen molar-refractivity contribution in [2.75, 3.05) is 5.32 Å². The maximum absolute atomic E-state index is 13.8. The molecular formula is C21H20F4N4O2. The number of aromatic amines is 1. The van der Waals surface area contributed by atoms with Crippen LogP contribution in [-0.4, -0.2) is 33.7 Å². The summed E-state index contributed by atoms with van der Waals surface area (Å²) in [4.78, 5) is 11.7. The zero-order valence-electron chi connectivity index (χ0n) is 16.6. The Labute approximate surface area is 175 Å². The number of aromatic nitrogens is 2. The average molecular weight is 436 g/mol. The minimum absolute atomic E-state index is 0.0545. The van der Waals surface area contributed by atoms with Crippen LogP contribution in [0.2, 0.25) is 0 Å². The molecule has 10 heteroatoms. The van der Waals surface area contributed by atoms with Gasteiger partial charge >= 0.3 is 6.18 Å². The van der Waals surface area contributed by atoms with Crippen molar-refractivity contribution >= 4 is 17.3 Å². The number of dihydropyridines is 1. The Morgan fingerprint density at radius 3 is 2.74 bits per heavy atom. The molecule has 2 aliphatic rings. The molecule has 0 radical (unpaired) electrons. The van der Waals surface area contributed by atoms with Gasteiger partial charge in [-0.15, -0.1) is 0 Å². The van der Waals surface area contributed by atoms with E-state index in [1.54, 1.807) is 38.1 Å². The minimum Gasteiger partial charge on any atom is -0.376 e. The molecule has 31 heavy (non-hydrogen) atoms. The number of carbonyl (C=O) groups is 1. The lowest BCUT2D eigenvalue weighted by Gasteiger charge is -2.34. The number of allylic oxidation sites excluding steroid dienone is 3. The number of hydrogen-bond donors (Lipinski definition) is 4.